The first-order chi connectivity index (χ1) is 15.4. The van der Waals surface area contributed by atoms with E-state index < -0.39 is 0 Å². The summed E-state index contributed by atoms with van der Waals surface area (Å²) in [7, 11) is 6.88. The fourth-order valence-electron chi connectivity index (χ4n) is 3.66. The molecule has 3 aromatic heterocycles. The first-order valence-corrected chi connectivity index (χ1v) is 10.00. The molecule has 0 aliphatic heterocycles. The molecule has 3 heterocycles. The molecule has 0 saturated heterocycles. The lowest BCUT2D eigenvalue weighted by Crippen LogP contribution is -2.23. The number of carbonyl (C=O) groups is 1. The van der Waals surface area contributed by atoms with Gasteiger partial charge in [0.25, 0.3) is 0 Å². The highest BCUT2D eigenvalue weighted by Gasteiger charge is 2.15. The zero-order valence-electron chi connectivity index (χ0n) is 18.5. The molecule has 0 saturated carbocycles. The number of pyridine rings is 2. The van der Waals surface area contributed by atoms with E-state index in [1.54, 1.807) is 27.5 Å². The maximum Gasteiger partial charge on any atom is 0.250 e. The van der Waals surface area contributed by atoms with Gasteiger partial charge in [0.2, 0.25) is 11.8 Å². The van der Waals surface area contributed by atoms with Gasteiger partial charge in [0.1, 0.15) is 11.4 Å². The molecule has 32 heavy (non-hydrogen) atoms. The van der Waals surface area contributed by atoms with Gasteiger partial charge in [-0.15, -0.1) is 0 Å². The molecule has 0 N–H and O–H groups in total. The van der Waals surface area contributed by atoms with Crippen LogP contribution in [0.4, 0.5) is 5.69 Å². The average molecular weight is 428 g/mol. The Morgan fingerprint density at radius 2 is 1.88 bits per heavy atom. The summed E-state index contributed by atoms with van der Waals surface area (Å²) in [5, 5.41) is 0.998. The Bertz CT molecular complexity index is 1330. The molecule has 4 rings (SSSR count). The van der Waals surface area contributed by atoms with Gasteiger partial charge in [-0.3, -0.25) is 4.79 Å². The third-order valence-corrected chi connectivity index (χ3v) is 5.42. The second kappa shape index (κ2) is 8.55. The highest BCUT2D eigenvalue weighted by Crippen LogP contribution is 2.35. The Kier molecular flexibility index (Phi) is 5.64. The van der Waals surface area contributed by atoms with Crippen molar-refractivity contribution >= 4 is 22.6 Å². The van der Waals surface area contributed by atoms with Gasteiger partial charge in [-0.05, 0) is 41.5 Å². The summed E-state index contributed by atoms with van der Waals surface area (Å²) in [5.74, 6) is 0.999. The lowest BCUT2D eigenvalue weighted by atomic mass is 10.0. The largest absolute Gasteiger partial charge is 0.497 e. The Morgan fingerprint density at radius 1 is 1.06 bits per heavy atom. The van der Waals surface area contributed by atoms with E-state index in [9.17, 15) is 4.79 Å². The van der Waals surface area contributed by atoms with Gasteiger partial charge in [0, 0.05) is 67.0 Å². The molecule has 0 radical (unpaired) electrons. The molecule has 0 unspecified atom stereocenters. The number of hydrogen-bond donors (Lipinski definition) is 0. The molecule has 0 spiro atoms. The molecular formula is C25H24N4O3. The predicted octanol–water partition coefficient (Wildman–Crippen LogP) is 4.47. The third kappa shape index (κ3) is 3.80. The number of likely N-dealkylation sites (N-methyl/N-ethyl adjacent to an activating group) is 1. The summed E-state index contributed by atoms with van der Waals surface area (Å²) in [5.41, 5.74) is 5.38. The van der Waals surface area contributed by atoms with E-state index in [0.29, 0.717) is 17.3 Å². The number of aromatic nitrogens is 3. The molecule has 7 heteroatoms. The number of fused-ring (bicyclic) bond motifs is 1. The van der Waals surface area contributed by atoms with Crippen molar-refractivity contribution in [3.63, 3.8) is 0 Å². The number of rotatable bonds is 6. The first kappa shape index (κ1) is 21.1. The molecule has 1 aromatic carbocycles. The van der Waals surface area contributed by atoms with Gasteiger partial charge >= 0.3 is 0 Å². The van der Waals surface area contributed by atoms with Crippen molar-refractivity contribution in [2.24, 2.45) is 7.05 Å². The van der Waals surface area contributed by atoms with E-state index in [0.717, 1.165) is 33.3 Å². The van der Waals surface area contributed by atoms with Crippen molar-refractivity contribution in [3.05, 3.63) is 67.6 Å². The minimum atomic E-state index is -0.199. The summed E-state index contributed by atoms with van der Waals surface area (Å²) in [4.78, 5) is 22.6. The number of aryl methyl sites for hydroxylation is 1. The summed E-state index contributed by atoms with van der Waals surface area (Å²) in [6, 6.07) is 11.6. The Labute approximate surface area is 186 Å². The second-order valence-electron chi connectivity index (χ2n) is 7.36. The minimum Gasteiger partial charge on any atom is -0.497 e. The topological polar surface area (TPSA) is 69.5 Å². The van der Waals surface area contributed by atoms with Crippen LogP contribution in [-0.4, -0.2) is 41.7 Å². The Balaban J connectivity index is 1.87. The number of methoxy groups -OCH3 is 2. The van der Waals surface area contributed by atoms with Crippen LogP contribution in [0, 0.1) is 0 Å². The highest BCUT2D eigenvalue weighted by molar-refractivity contribution is 6.01. The minimum absolute atomic E-state index is 0.199. The van der Waals surface area contributed by atoms with Gasteiger partial charge in [-0.1, -0.05) is 6.58 Å². The van der Waals surface area contributed by atoms with E-state index in [-0.39, 0.29) is 5.91 Å². The number of carbonyl (C=O) groups excluding carboxylic acids is 1. The fourth-order valence-corrected chi connectivity index (χ4v) is 3.66. The smallest absolute Gasteiger partial charge is 0.250 e. The molecule has 1 amide bonds. The maximum atomic E-state index is 12.1. The summed E-state index contributed by atoms with van der Waals surface area (Å²) in [6.07, 6.45) is 6.88. The number of ether oxygens (including phenoxy) is 2. The summed E-state index contributed by atoms with van der Waals surface area (Å²) >= 11 is 0. The van der Waals surface area contributed by atoms with Gasteiger partial charge < -0.3 is 18.9 Å². The monoisotopic (exact) mass is 428 g/mol. The van der Waals surface area contributed by atoms with E-state index in [4.69, 9.17) is 14.5 Å². The zero-order chi connectivity index (χ0) is 22.8. The third-order valence-electron chi connectivity index (χ3n) is 5.42. The van der Waals surface area contributed by atoms with Crippen LogP contribution in [-0.2, 0) is 11.8 Å². The average Bonchev–Trinajstić information content (AvgIpc) is 3.18. The molecule has 4 aromatic rings. The predicted molar refractivity (Wildman–Crippen MR) is 126 cm³/mol. The number of benzene rings is 1. The van der Waals surface area contributed by atoms with Crippen LogP contribution in [0.15, 0.2) is 67.6 Å². The van der Waals surface area contributed by atoms with E-state index in [1.807, 2.05) is 54.3 Å². The van der Waals surface area contributed by atoms with Crippen molar-refractivity contribution in [2.45, 2.75) is 0 Å². The van der Waals surface area contributed by atoms with Gasteiger partial charge in [0.15, 0.2) is 0 Å². The van der Waals surface area contributed by atoms with E-state index in [2.05, 4.69) is 17.6 Å². The van der Waals surface area contributed by atoms with Gasteiger partial charge in [-0.2, -0.15) is 0 Å². The van der Waals surface area contributed by atoms with Crippen LogP contribution in [0.5, 0.6) is 11.6 Å². The van der Waals surface area contributed by atoms with Crippen molar-refractivity contribution < 1.29 is 14.3 Å². The SMILES string of the molecule is C=CC(=O)N(C)c1cc(OC)cc(-c2cnc3c(c2)c(-c2ccnc(OC)c2)cn3C)c1. The lowest BCUT2D eigenvalue weighted by molar-refractivity contribution is -0.113. The quantitative estimate of drug-likeness (QED) is 0.424. The van der Waals surface area contributed by atoms with Gasteiger partial charge in [-0.25, -0.2) is 9.97 Å². The Hall–Kier alpha value is -4.13. The summed E-state index contributed by atoms with van der Waals surface area (Å²) in [6.45, 7) is 3.57. The van der Waals surface area contributed by atoms with E-state index in [1.165, 1.54) is 11.0 Å². The highest BCUT2D eigenvalue weighted by atomic mass is 16.5. The summed E-state index contributed by atoms with van der Waals surface area (Å²) < 4.78 is 12.8. The second-order valence-corrected chi connectivity index (χ2v) is 7.36. The van der Waals surface area contributed by atoms with Crippen LogP contribution in [0.25, 0.3) is 33.3 Å². The number of hydrogen-bond acceptors (Lipinski definition) is 5. The molecule has 0 fully saturated rings. The molecule has 0 atom stereocenters. The molecule has 162 valence electrons. The molecular weight excluding hydrogens is 404 g/mol. The van der Waals surface area contributed by atoms with Crippen molar-refractivity contribution in [1.82, 2.24) is 14.5 Å². The zero-order valence-corrected chi connectivity index (χ0v) is 18.5. The fraction of sp³-hybridized carbons (Fsp3) is 0.160. The molecule has 0 aliphatic carbocycles. The van der Waals surface area contributed by atoms with Crippen molar-refractivity contribution in [1.29, 1.82) is 0 Å². The van der Waals surface area contributed by atoms with Gasteiger partial charge in [0.05, 0.1) is 14.2 Å². The number of nitrogens with zero attached hydrogens (tertiary/aromatic N) is 4. The molecule has 0 bridgehead atoms. The lowest BCUT2D eigenvalue weighted by Gasteiger charge is -2.18. The van der Waals surface area contributed by atoms with E-state index >= 15 is 0 Å². The molecule has 0 aliphatic rings. The van der Waals surface area contributed by atoms with Crippen molar-refractivity contribution in [2.75, 3.05) is 26.2 Å². The standard InChI is InChI=1S/C25H24N4O3/c1-6-24(30)29(3)19-9-17(10-20(13-19)31-4)18-11-21-22(15-28(2)25(21)27-14-18)16-7-8-26-23(12-16)32-5/h6-15H,1H2,2-5H3. The van der Waals surface area contributed by atoms with Crippen LogP contribution in [0.3, 0.4) is 0 Å². The van der Waals surface area contributed by atoms with Crippen LogP contribution >= 0.6 is 0 Å². The first-order valence-electron chi connectivity index (χ1n) is 10.00. The van der Waals surface area contributed by atoms with Crippen LogP contribution < -0.4 is 14.4 Å². The maximum absolute atomic E-state index is 12.1. The Morgan fingerprint density at radius 3 is 2.59 bits per heavy atom. The van der Waals surface area contributed by atoms with Crippen LogP contribution in [0.2, 0.25) is 0 Å². The number of anilines is 1. The number of amides is 1. The normalized spacial score (nSPS) is 10.8. The van der Waals surface area contributed by atoms with Crippen molar-refractivity contribution in [3.8, 4) is 33.9 Å². The molecule has 7 nitrogen and oxygen atoms in total. The van der Waals surface area contributed by atoms with Crippen LogP contribution in [0.1, 0.15) is 0 Å².